The van der Waals surface area contributed by atoms with E-state index in [1.54, 1.807) is 0 Å². The Labute approximate surface area is 348 Å². The molecule has 302 valence electrons. The van der Waals surface area contributed by atoms with Crippen molar-refractivity contribution in [2.45, 2.75) is 146 Å². The van der Waals surface area contributed by atoms with Crippen molar-refractivity contribution in [3.63, 3.8) is 0 Å². The van der Waals surface area contributed by atoms with E-state index in [1.165, 1.54) is 119 Å². The first-order chi connectivity index (χ1) is 28.4. The SMILES string of the molecule is CCCCCCc1c2nc(cc3nc(c(-c4ccccc4)c4[nH]c(c(CC)c4CC)c(-c4ccccc4)c4[nH]c1c(CC)c4CC)C(CC)=C3CC)C(CC)=C2CC. The number of allylic oxidation sites excluding steroid dienone is 4. The number of nitrogens with zero attached hydrogens (tertiary/aromatic N) is 2. The smallest absolute Gasteiger partial charge is 0.0771 e. The molecule has 2 aliphatic rings. The lowest BCUT2D eigenvalue weighted by Crippen LogP contribution is -1.97. The van der Waals surface area contributed by atoms with E-state index in [2.05, 4.69) is 139 Å². The van der Waals surface area contributed by atoms with Crippen LogP contribution >= 0.6 is 0 Å². The third-order valence-corrected chi connectivity index (χ3v) is 12.9. The Morgan fingerprint density at radius 2 is 0.828 bits per heavy atom. The fourth-order valence-electron chi connectivity index (χ4n) is 10.2. The zero-order valence-corrected chi connectivity index (χ0v) is 36.9. The van der Waals surface area contributed by atoms with Crippen molar-refractivity contribution in [1.82, 2.24) is 19.9 Å². The number of rotatable bonds is 15. The molecule has 3 aromatic heterocycles. The van der Waals surface area contributed by atoms with Crippen molar-refractivity contribution in [1.29, 1.82) is 0 Å². The predicted octanol–water partition coefficient (Wildman–Crippen LogP) is 15.5. The van der Waals surface area contributed by atoms with Crippen molar-refractivity contribution in [2.75, 3.05) is 0 Å². The van der Waals surface area contributed by atoms with Crippen LogP contribution in [-0.4, -0.2) is 19.9 Å². The van der Waals surface area contributed by atoms with Crippen molar-refractivity contribution < 1.29 is 0 Å². The van der Waals surface area contributed by atoms with E-state index in [4.69, 9.17) is 9.97 Å². The van der Waals surface area contributed by atoms with Gasteiger partial charge in [-0.25, -0.2) is 9.97 Å². The van der Waals surface area contributed by atoms with Crippen LogP contribution in [0, 0.1) is 0 Å². The quantitative estimate of drug-likeness (QED) is 0.104. The fourth-order valence-corrected chi connectivity index (χ4v) is 10.2. The zero-order chi connectivity index (χ0) is 40.9. The first-order valence-corrected chi connectivity index (χ1v) is 22.8. The highest BCUT2D eigenvalue weighted by atomic mass is 14.8. The summed E-state index contributed by atoms with van der Waals surface area (Å²) in [5.74, 6) is 0. The average molecular weight is 771 g/mol. The molecule has 0 amide bonds. The van der Waals surface area contributed by atoms with Gasteiger partial charge in [0.15, 0.2) is 0 Å². The third-order valence-electron chi connectivity index (χ3n) is 12.9. The molecule has 8 bridgehead atoms. The number of H-pyrrole nitrogens is 2. The van der Waals surface area contributed by atoms with E-state index < -0.39 is 0 Å². The molecule has 0 unspecified atom stereocenters. The van der Waals surface area contributed by atoms with Crippen LogP contribution in [0.1, 0.15) is 164 Å². The maximum absolute atomic E-state index is 5.74. The lowest BCUT2D eigenvalue weighted by atomic mass is 9.92. The van der Waals surface area contributed by atoms with Gasteiger partial charge in [0.05, 0.1) is 39.3 Å². The topological polar surface area (TPSA) is 57.4 Å². The number of aromatic nitrogens is 4. The molecule has 0 spiro atoms. The number of hydrogen-bond acceptors (Lipinski definition) is 2. The monoisotopic (exact) mass is 771 g/mol. The summed E-state index contributed by atoms with van der Waals surface area (Å²) in [4.78, 5) is 20.0. The Hall–Kier alpha value is -4.96. The summed E-state index contributed by atoms with van der Waals surface area (Å²) in [7, 11) is 0. The summed E-state index contributed by atoms with van der Waals surface area (Å²) in [5.41, 5.74) is 26.8. The molecule has 4 heteroatoms. The van der Waals surface area contributed by atoms with E-state index in [0.29, 0.717) is 0 Å². The van der Waals surface area contributed by atoms with Crippen LogP contribution in [0.4, 0.5) is 0 Å². The fraction of sp³-hybridized carbons (Fsp3) is 0.407. The van der Waals surface area contributed by atoms with Gasteiger partial charge in [-0.05, 0) is 126 Å². The molecule has 0 radical (unpaired) electrons. The number of nitrogens with one attached hydrogen (secondary N) is 2. The van der Waals surface area contributed by atoms with Crippen LogP contribution in [-0.2, 0) is 32.1 Å². The molecule has 2 aliphatic heterocycles. The van der Waals surface area contributed by atoms with Gasteiger partial charge in [0.25, 0.3) is 0 Å². The Morgan fingerprint density at radius 3 is 1.31 bits per heavy atom. The molecule has 0 saturated carbocycles. The van der Waals surface area contributed by atoms with Crippen LogP contribution in [0.15, 0.2) is 66.7 Å². The van der Waals surface area contributed by atoms with E-state index in [1.807, 2.05) is 0 Å². The highest BCUT2D eigenvalue weighted by Gasteiger charge is 2.28. The van der Waals surface area contributed by atoms with Gasteiger partial charge in [-0.2, -0.15) is 0 Å². The van der Waals surface area contributed by atoms with E-state index >= 15 is 0 Å². The summed E-state index contributed by atoms with van der Waals surface area (Å²) in [6.45, 7) is 20.9. The molecular weight excluding hydrogens is 705 g/mol. The van der Waals surface area contributed by atoms with Gasteiger partial charge >= 0.3 is 0 Å². The number of unbranched alkanes of at least 4 members (excludes halogenated alkanes) is 3. The minimum absolute atomic E-state index is 0.910. The third kappa shape index (κ3) is 7.22. The van der Waals surface area contributed by atoms with Crippen LogP contribution in [0.5, 0.6) is 0 Å². The summed E-state index contributed by atoms with van der Waals surface area (Å²) < 4.78 is 0. The standard InChI is InChI=1S/C54H66N4/c1-10-19-20-27-32-44-49-38(13-4)36(11-2)45(55-49)33-46-37(12-3)39(14-5)51(56-46)47(34-28-23-21-24-29-34)53-42(17-8)43(18-9)54(58-53)48(35-30-25-22-26-31-35)52-41(16-7)40(15-6)50(44)57-52/h21-26,28-31,33,57-58H,10-20,27,32H2,1-9H3. The summed E-state index contributed by atoms with van der Waals surface area (Å²) in [6, 6.07) is 24.5. The minimum Gasteiger partial charge on any atom is -0.354 e. The normalized spacial score (nSPS) is 13.0. The molecule has 0 atom stereocenters. The van der Waals surface area contributed by atoms with Crippen LogP contribution in [0.3, 0.4) is 0 Å². The second kappa shape index (κ2) is 18.3. The molecule has 5 heterocycles. The summed E-state index contributed by atoms with van der Waals surface area (Å²) in [5, 5.41) is 0. The molecule has 4 nitrogen and oxygen atoms in total. The van der Waals surface area contributed by atoms with Crippen LogP contribution in [0.2, 0.25) is 0 Å². The first-order valence-electron chi connectivity index (χ1n) is 22.8. The van der Waals surface area contributed by atoms with Crippen LogP contribution in [0.25, 0.3) is 66.6 Å². The Balaban J connectivity index is 1.84. The first kappa shape index (κ1) is 41.2. The number of aromatic amines is 2. The van der Waals surface area contributed by atoms with Gasteiger partial charge in [-0.15, -0.1) is 0 Å². The molecule has 58 heavy (non-hydrogen) atoms. The molecule has 0 fully saturated rings. The second-order valence-corrected chi connectivity index (χ2v) is 16.0. The highest BCUT2D eigenvalue weighted by molar-refractivity contribution is 6.05. The lowest BCUT2D eigenvalue weighted by molar-refractivity contribution is 0.666. The van der Waals surface area contributed by atoms with Gasteiger partial charge in [-0.3, -0.25) is 0 Å². The Bertz CT molecular complexity index is 2510. The molecule has 0 aliphatic carbocycles. The van der Waals surface area contributed by atoms with E-state index in [-0.39, 0.29) is 0 Å². The molecule has 7 rings (SSSR count). The van der Waals surface area contributed by atoms with Gasteiger partial charge in [0.1, 0.15) is 0 Å². The molecule has 2 N–H and O–H groups in total. The van der Waals surface area contributed by atoms with Crippen molar-refractivity contribution >= 4 is 44.4 Å². The lowest BCUT2D eigenvalue weighted by Gasteiger charge is -2.10. The summed E-state index contributed by atoms with van der Waals surface area (Å²) >= 11 is 0. The van der Waals surface area contributed by atoms with Crippen molar-refractivity contribution in [3.8, 4) is 22.3 Å². The zero-order valence-electron chi connectivity index (χ0n) is 36.9. The van der Waals surface area contributed by atoms with E-state index in [0.717, 1.165) is 81.3 Å². The number of aryl methyl sites for hydroxylation is 5. The Kier molecular flexibility index (Phi) is 13.0. The van der Waals surface area contributed by atoms with Gasteiger partial charge in [0.2, 0.25) is 0 Å². The average Bonchev–Trinajstić information content (AvgIpc) is 4.01. The number of fused-ring (bicyclic) bond motifs is 8. The van der Waals surface area contributed by atoms with Gasteiger partial charge in [0, 0.05) is 22.2 Å². The maximum Gasteiger partial charge on any atom is 0.0771 e. The minimum atomic E-state index is 0.910. The van der Waals surface area contributed by atoms with Crippen molar-refractivity contribution in [2.24, 2.45) is 0 Å². The molecule has 2 aromatic carbocycles. The highest BCUT2D eigenvalue weighted by Crippen LogP contribution is 2.46. The van der Waals surface area contributed by atoms with Gasteiger partial charge in [-0.1, -0.05) is 142 Å². The largest absolute Gasteiger partial charge is 0.354 e. The Morgan fingerprint density at radius 1 is 0.397 bits per heavy atom. The number of hydrogen-bond donors (Lipinski definition) is 2. The predicted molar refractivity (Wildman–Crippen MR) is 252 cm³/mol. The van der Waals surface area contributed by atoms with Crippen molar-refractivity contribution in [3.05, 3.63) is 117 Å². The second-order valence-electron chi connectivity index (χ2n) is 16.0. The van der Waals surface area contributed by atoms with E-state index in [9.17, 15) is 0 Å². The maximum atomic E-state index is 5.74. The molecule has 5 aromatic rings. The number of benzene rings is 2. The van der Waals surface area contributed by atoms with Gasteiger partial charge < -0.3 is 9.97 Å². The van der Waals surface area contributed by atoms with Crippen LogP contribution < -0.4 is 0 Å². The summed E-state index contributed by atoms with van der Waals surface area (Å²) in [6.07, 6.45) is 13.3. The molecule has 0 saturated heterocycles. The molecular formula is C54H66N4.